The van der Waals surface area contributed by atoms with Gasteiger partial charge in [0.25, 0.3) is 0 Å². The number of hydrogen-bond acceptors (Lipinski definition) is 4. The van der Waals surface area contributed by atoms with Gasteiger partial charge in [0.2, 0.25) is 0 Å². The first-order valence-electron chi connectivity index (χ1n) is 6.19. The Hall–Kier alpha value is -0.420. The van der Waals surface area contributed by atoms with Crippen molar-refractivity contribution in [3.05, 3.63) is 0 Å². The molecule has 92 valence electrons. The number of likely N-dealkylation sites (tertiary alicyclic amines) is 1. The SMILES string of the molecule is O=C(OSC1CCNCC1)N1CCCCC1. The predicted octanol–water partition coefficient (Wildman–Crippen LogP) is 2.01. The fourth-order valence-corrected chi connectivity index (χ4v) is 2.88. The average Bonchev–Trinajstić information content (AvgIpc) is 2.38. The van der Waals surface area contributed by atoms with Crippen molar-refractivity contribution in [1.29, 1.82) is 0 Å². The summed E-state index contributed by atoms with van der Waals surface area (Å²) in [5.74, 6) is 0. The smallest absolute Gasteiger partial charge is 0.375 e. The Kier molecular flexibility index (Phi) is 4.78. The molecule has 2 saturated heterocycles. The lowest BCUT2D eigenvalue weighted by atomic mass is 10.1. The predicted molar refractivity (Wildman–Crippen MR) is 65.4 cm³/mol. The largest absolute Gasteiger partial charge is 0.421 e. The fraction of sp³-hybridized carbons (Fsp3) is 0.909. The zero-order valence-electron chi connectivity index (χ0n) is 9.61. The molecule has 1 N–H and O–H groups in total. The van der Waals surface area contributed by atoms with E-state index in [9.17, 15) is 4.79 Å². The molecule has 2 aliphatic heterocycles. The molecule has 0 aromatic rings. The van der Waals surface area contributed by atoms with Crippen LogP contribution in [-0.4, -0.2) is 42.4 Å². The Balaban J connectivity index is 1.65. The fourth-order valence-electron chi connectivity index (χ4n) is 2.13. The third-order valence-corrected chi connectivity index (χ3v) is 4.14. The Morgan fingerprint density at radius 1 is 1.19 bits per heavy atom. The van der Waals surface area contributed by atoms with Gasteiger partial charge in [0.1, 0.15) is 0 Å². The van der Waals surface area contributed by atoms with Crippen LogP contribution >= 0.6 is 12.0 Å². The highest BCUT2D eigenvalue weighted by atomic mass is 32.2. The molecule has 5 heteroatoms. The van der Waals surface area contributed by atoms with Gasteiger partial charge in [-0.25, -0.2) is 4.79 Å². The van der Waals surface area contributed by atoms with E-state index in [1.807, 2.05) is 4.90 Å². The summed E-state index contributed by atoms with van der Waals surface area (Å²) in [6, 6.07) is 0. The second-order valence-corrected chi connectivity index (χ2v) is 5.47. The molecule has 0 spiro atoms. The van der Waals surface area contributed by atoms with Gasteiger partial charge in [-0.2, -0.15) is 0 Å². The zero-order chi connectivity index (χ0) is 11.2. The molecule has 0 saturated carbocycles. The minimum Gasteiger partial charge on any atom is -0.375 e. The molecule has 0 aliphatic carbocycles. The summed E-state index contributed by atoms with van der Waals surface area (Å²) in [7, 11) is 0. The van der Waals surface area contributed by atoms with E-state index < -0.39 is 0 Å². The first-order valence-corrected chi connectivity index (χ1v) is 7.00. The van der Waals surface area contributed by atoms with Crippen LogP contribution in [0.15, 0.2) is 0 Å². The Bertz CT molecular complexity index is 226. The normalized spacial score (nSPS) is 23.1. The molecule has 1 amide bonds. The highest BCUT2D eigenvalue weighted by Crippen LogP contribution is 2.22. The van der Waals surface area contributed by atoms with Gasteiger partial charge in [-0.15, -0.1) is 0 Å². The lowest BCUT2D eigenvalue weighted by Gasteiger charge is -2.26. The molecule has 2 rings (SSSR count). The van der Waals surface area contributed by atoms with Gasteiger partial charge in [-0.1, -0.05) is 0 Å². The number of carbonyl (C=O) groups is 1. The summed E-state index contributed by atoms with van der Waals surface area (Å²) < 4.78 is 5.30. The number of hydrogen-bond donors (Lipinski definition) is 1. The van der Waals surface area contributed by atoms with E-state index >= 15 is 0 Å². The number of nitrogens with one attached hydrogen (secondary N) is 1. The van der Waals surface area contributed by atoms with Crippen molar-refractivity contribution in [3.8, 4) is 0 Å². The summed E-state index contributed by atoms with van der Waals surface area (Å²) in [6.45, 7) is 3.81. The minimum absolute atomic E-state index is 0.136. The number of amides is 1. The van der Waals surface area contributed by atoms with Crippen molar-refractivity contribution in [2.45, 2.75) is 37.4 Å². The van der Waals surface area contributed by atoms with E-state index in [2.05, 4.69) is 5.32 Å². The maximum atomic E-state index is 11.7. The molecule has 0 bridgehead atoms. The van der Waals surface area contributed by atoms with Crippen LogP contribution in [0.3, 0.4) is 0 Å². The Morgan fingerprint density at radius 3 is 2.56 bits per heavy atom. The number of nitrogens with zero attached hydrogens (tertiary/aromatic N) is 1. The molecule has 0 unspecified atom stereocenters. The van der Waals surface area contributed by atoms with E-state index in [4.69, 9.17) is 4.18 Å². The van der Waals surface area contributed by atoms with Crippen LogP contribution in [0, 0.1) is 0 Å². The monoisotopic (exact) mass is 244 g/mol. The van der Waals surface area contributed by atoms with Gasteiger partial charge in [-0.3, -0.25) is 0 Å². The number of piperidine rings is 2. The van der Waals surface area contributed by atoms with Gasteiger partial charge >= 0.3 is 6.09 Å². The van der Waals surface area contributed by atoms with Gasteiger partial charge in [0.05, 0.1) is 12.0 Å². The molecular weight excluding hydrogens is 224 g/mol. The molecule has 16 heavy (non-hydrogen) atoms. The molecule has 0 aromatic heterocycles. The Morgan fingerprint density at radius 2 is 1.88 bits per heavy atom. The standard InChI is InChI=1S/C11H20N2O2S/c14-11(13-8-2-1-3-9-13)15-16-10-4-6-12-7-5-10/h10,12H,1-9H2. The molecule has 0 atom stereocenters. The van der Waals surface area contributed by atoms with E-state index in [0.29, 0.717) is 5.25 Å². The molecule has 4 nitrogen and oxygen atoms in total. The van der Waals surface area contributed by atoms with E-state index in [0.717, 1.165) is 51.9 Å². The highest BCUT2D eigenvalue weighted by Gasteiger charge is 2.21. The van der Waals surface area contributed by atoms with E-state index in [1.165, 1.54) is 18.5 Å². The van der Waals surface area contributed by atoms with Crippen molar-refractivity contribution in [2.75, 3.05) is 26.2 Å². The van der Waals surface area contributed by atoms with Crippen LogP contribution in [0.2, 0.25) is 0 Å². The first kappa shape index (κ1) is 12.0. The molecule has 2 aliphatic rings. The quantitative estimate of drug-likeness (QED) is 0.754. The third-order valence-electron chi connectivity index (χ3n) is 3.16. The molecular formula is C11H20N2O2S. The topological polar surface area (TPSA) is 41.6 Å². The zero-order valence-corrected chi connectivity index (χ0v) is 10.4. The van der Waals surface area contributed by atoms with Gasteiger partial charge < -0.3 is 14.4 Å². The summed E-state index contributed by atoms with van der Waals surface area (Å²) in [5.41, 5.74) is 0. The van der Waals surface area contributed by atoms with Gasteiger partial charge in [0, 0.05) is 18.3 Å². The highest BCUT2D eigenvalue weighted by molar-refractivity contribution is 7.95. The number of carbonyl (C=O) groups excluding carboxylic acids is 1. The molecule has 0 aromatic carbocycles. The van der Waals surface area contributed by atoms with Crippen LogP contribution in [0.5, 0.6) is 0 Å². The maximum absolute atomic E-state index is 11.7. The van der Waals surface area contributed by atoms with Crippen LogP contribution in [-0.2, 0) is 4.18 Å². The van der Waals surface area contributed by atoms with Crippen LogP contribution in [0.1, 0.15) is 32.1 Å². The maximum Gasteiger partial charge on any atom is 0.421 e. The van der Waals surface area contributed by atoms with Crippen molar-refractivity contribution in [3.63, 3.8) is 0 Å². The lowest BCUT2D eigenvalue weighted by Crippen LogP contribution is -2.36. The first-order chi connectivity index (χ1) is 7.86. The molecule has 0 radical (unpaired) electrons. The minimum atomic E-state index is -0.136. The Labute approximate surface area is 101 Å². The van der Waals surface area contributed by atoms with Crippen LogP contribution in [0.4, 0.5) is 4.79 Å². The molecule has 2 heterocycles. The van der Waals surface area contributed by atoms with Crippen LogP contribution < -0.4 is 5.32 Å². The van der Waals surface area contributed by atoms with Gasteiger partial charge in [-0.05, 0) is 45.2 Å². The van der Waals surface area contributed by atoms with Crippen molar-refractivity contribution in [2.24, 2.45) is 0 Å². The summed E-state index contributed by atoms with van der Waals surface area (Å²) in [4.78, 5) is 13.5. The summed E-state index contributed by atoms with van der Waals surface area (Å²) >= 11 is 1.37. The number of rotatable bonds is 2. The van der Waals surface area contributed by atoms with Crippen molar-refractivity contribution >= 4 is 18.1 Å². The van der Waals surface area contributed by atoms with Crippen molar-refractivity contribution < 1.29 is 8.98 Å². The second-order valence-electron chi connectivity index (χ2n) is 4.44. The second kappa shape index (κ2) is 6.35. The summed E-state index contributed by atoms with van der Waals surface area (Å²) in [5, 5.41) is 3.78. The van der Waals surface area contributed by atoms with Gasteiger partial charge in [0.15, 0.2) is 0 Å². The van der Waals surface area contributed by atoms with Crippen LogP contribution in [0.25, 0.3) is 0 Å². The van der Waals surface area contributed by atoms with Crippen molar-refractivity contribution in [1.82, 2.24) is 10.2 Å². The third kappa shape index (κ3) is 3.56. The van der Waals surface area contributed by atoms with E-state index in [1.54, 1.807) is 0 Å². The van der Waals surface area contributed by atoms with E-state index in [-0.39, 0.29) is 6.09 Å². The average molecular weight is 244 g/mol. The molecule has 2 fully saturated rings. The lowest BCUT2D eigenvalue weighted by molar-refractivity contribution is 0.149. The summed E-state index contributed by atoms with van der Waals surface area (Å²) in [6.07, 6.45) is 5.53.